The average molecular weight is 266 g/mol. The number of aromatic amines is 1. The molecule has 1 aromatic carbocycles. The number of nitrogens with zero attached hydrogens (tertiary/aromatic N) is 2. The first-order chi connectivity index (χ1) is 9.83. The summed E-state index contributed by atoms with van der Waals surface area (Å²) in [5.41, 5.74) is 5.11. The molecule has 0 saturated heterocycles. The quantitative estimate of drug-likeness (QED) is 0.749. The zero-order valence-corrected chi connectivity index (χ0v) is 11.6. The first-order valence-corrected chi connectivity index (χ1v) is 7.15. The predicted molar refractivity (Wildman–Crippen MR) is 79.7 cm³/mol. The van der Waals surface area contributed by atoms with Crippen LogP contribution in [0.1, 0.15) is 29.9 Å². The molecule has 1 unspecified atom stereocenters. The highest BCUT2D eigenvalue weighted by atomic mass is 15.1. The van der Waals surface area contributed by atoms with Crippen LogP contribution in [0.3, 0.4) is 0 Å². The number of para-hydroxylation sites is 1. The predicted octanol–water partition coefficient (Wildman–Crippen LogP) is 2.62. The largest absolute Gasteiger partial charge is 0.361 e. The topological polar surface area (TPSA) is 45.6 Å². The molecule has 4 nitrogen and oxygen atoms in total. The van der Waals surface area contributed by atoms with E-state index in [1.165, 1.54) is 27.9 Å². The summed E-state index contributed by atoms with van der Waals surface area (Å²) in [7, 11) is 0. The van der Waals surface area contributed by atoms with E-state index in [1.807, 2.05) is 6.33 Å². The van der Waals surface area contributed by atoms with Crippen molar-refractivity contribution in [2.45, 2.75) is 25.9 Å². The highest BCUT2D eigenvalue weighted by Crippen LogP contribution is 2.24. The minimum absolute atomic E-state index is 0.364. The Balaban J connectivity index is 1.73. The SMILES string of the molecule is CC1NCCc2c1ncn2Cc1c[nH]c2ccccc12. The van der Waals surface area contributed by atoms with Crippen molar-refractivity contribution in [3.63, 3.8) is 0 Å². The van der Waals surface area contributed by atoms with Crippen LogP contribution in [-0.2, 0) is 13.0 Å². The first-order valence-electron chi connectivity index (χ1n) is 7.15. The molecule has 0 radical (unpaired) electrons. The normalized spacial score (nSPS) is 18.4. The Kier molecular flexibility index (Phi) is 2.63. The third-order valence-corrected chi connectivity index (χ3v) is 4.22. The van der Waals surface area contributed by atoms with Crippen LogP contribution in [0.2, 0.25) is 0 Å². The third-order valence-electron chi connectivity index (χ3n) is 4.22. The summed E-state index contributed by atoms with van der Waals surface area (Å²) in [6.45, 7) is 4.10. The summed E-state index contributed by atoms with van der Waals surface area (Å²) in [4.78, 5) is 7.93. The number of benzene rings is 1. The summed E-state index contributed by atoms with van der Waals surface area (Å²) < 4.78 is 2.29. The number of nitrogens with one attached hydrogen (secondary N) is 2. The van der Waals surface area contributed by atoms with Gasteiger partial charge in [-0.1, -0.05) is 18.2 Å². The van der Waals surface area contributed by atoms with Crippen LogP contribution in [0.5, 0.6) is 0 Å². The van der Waals surface area contributed by atoms with Crippen molar-refractivity contribution in [2.24, 2.45) is 0 Å². The minimum atomic E-state index is 0.364. The van der Waals surface area contributed by atoms with Crippen LogP contribution in [0.25, 0.3) is 10.9 Å². The fraction of sp³-hybridized carbons (Fsp3) is 0.312. The Morgan fingerprint density at radius 3 is 3.20 bits per heavy atom. The highest BCUT2D eigenvalue weighted by molar-refractivity contribution is 5.83. The second kappa shape index (κ2) is 4.49. The Morgan fingerprint density at radius 2 is 2.25 bits per heavy atom. The first kappa shape index (κ1) is 11.7. The van der Waals surface area contributed by atoms with Crippen LogP contribution >= 0.6 is 0 Å². The molecule has 2 N–H and O–H groups in total. The van der Waals surface area contributed by atoms with E-state index in [0.717, 1.165) is 19.5 Å². The third kappa shape index (κ3) is 1.76. The van der Waals surface area contributed by atoms with Crippen LogP contribution in [0, 0.1) is 0 Å². The van der Waals surface area contributed by atoms with Crippen molar-refractivity contribution in [1.29, 1.82) is 0 Å². The molecule has 1 aliphatic heterocycles. The van der Waals surface area contributed by atoms with Gasteiger partial charge in [-0.15, -0.1) is 0 Å². The van der Waals surface area contributed by atoms with E-state index >= 15 is 0 Å². The average Bonchev–Trinajstić information content (AvgIpc) is 3.06. The molecule has 0 bridgehead atoms. The van der Waals surface area contributed by atoms with Crippen LogP contribution < -0.4 is 5.32 Å². The van der Waals surface area contributed by atoms with Gasteiger partial charge >= 0.3 is 0 Å². The van der Waals surface area contributed by atoms with E-state index < -0.39 is 0 Å². The van der Waals surface area contributed by atoms with E-state index in [9.17, 15) is 0 Å². The maximum Gasteiger partial charge on any atom is 0.0955 e. The summed E-state index contributed by atoms with van der Waals surface area (Å²) in [5.74, 6) is 0. The van der Waals surface area contributed by atoms with Gasteiger partial charge in [0.15, 0.2) is 0 Å². The Hall–Kier alpha value is -2.07. The lowest BCUT2D eigenvalue weighted by molar-refractivity contribution is 0.516. The fourth-order valence-electron chi connectivity index (χ4n) is 3.14. The van der Waals surface area contributed by atoms with E-state index in [0.29, 0.717) is 6.04 Å². The molecule has 1 aliphatic rings. The molecular weight excluding hydrogens is 248 g/mol. The van der Waals surface area contributed by atoms with Crippen molar-refractivity contribution in [1.82, 2.24) is 19.9 Å². The van der Waals surface area contributed by atoms with Crippen LogP contribution in [0.4, 0.5) is 0 Å². The highest BCUT2D eigenvalue weighted by Gasteiger charge is 2.21. The summed E-state index contributed by atoms with van der Waals surface area (Å²) in [6.07, 6.45) is 5.15. The molecule has 102 valence electrons. The number of H-pyrrole nitrogens is 1. The maximum absolute atomic E-state index is 4.59. The number of rotatable bonds is 2. The van der Waals surface area contributed by atoms with E-state index in [1.54, 1.807) is 0 Å². The van der Waals surface area contributed by atoms with Crippen LogP contribution in [0.15, 0.2) is 36.8 Å². The number of aromatic nitrogens is 3. The van der Waals surface area contributed by atoms with E-state index in [-0.39, 0.29) is 0 Å². The fourth-order valence-corrected chi connectivity index (χ4v) is 3.14. The standard InChI is InChI=1S/C16H18N4/c1-11-16-15(6-7-17-11)20(10-19-16)9-12-8-18-14-5-3-2-4-13(12)14/h2-5,8,10-11,17-18H,6-7,9H2,1H3. The molecule has 0 spiro atoms. The van der Waals surface area contributed by atoms with Gasteiger partial charge in [-0.05, 0) is 18.6 Å². The van der Waals surface area contributed by atoms with Crippen molar-refractivity contribution < 1.29 is 0 Å². The molecule has 0 aliphatic carbocycles. The molecule has 20 heavy (non-hydrogen) atoms. The number of hydrogen-bond donors (Lipinski definition) is 2. The lowest BCUT2D eigenvalue weighted by atomic mass is 10.1. The molecule has 3 heterocycles. The smallest absolute Gasteiger partial charge is 0.0955 e. The molecule has 3 aromatic rings. The molecule has 4 rings (SSSR count). The number of fused-ring (bicyclic) bond motifs is 2. The van der Waals surface area contributed by atoms with Gasteiger partial charge in [-0.25, -0.2) is 4.98 Å². The summed E-state index contributed by atoms with van der Waals surface area (Å²) in [6, 6.07) is 8.82. The van der Waals surface area contributed by atoms with Crippen molar-refractivity contribution in [3.05, 3.63) is 53.7 Å². The van der Waals surface area contributed by atoms with E-state index in [4.69, 9.17) is 0 Å². The number of imidazole rings is 1. The molecule has 0 fully saturated rings. The van der Waals surface area contributed by atoms with Gasteiger partial charge in [0, 0.05) is 41.8 Å². The minimum Gasteiger partial charge on any atom is -0.361 e. The molecule has 2 aromatic heterocycles. The zero-order chi connectivity index (χ0) is 13.5. The molecule has 0 amide bonds. The van der Waals surface area contributed by atoms with Gasteiger partial charge in [-0.2, -0.15) is 0 Å². The molecule has 0 saturated carbocycles. The van der Waals surface area contributed by atoms with Gasteiger partial charge in [0.1, 0.15) is 0 Å². The Labute approximate surface area is 117 Å². The van der Waals surface area contributed by atoms with Gasteiger partial charge in [-0.3, -0.25) is 0 Å². The summed E-state index contributed by atoms with van der Waals surface area (Å²) >= 11 is 0. The second-order valence-corrected chi connectivity index (χ2v) is 5.49. The molecule has 1 atom stereocenters. The Morgan fingerprint density at radius 1 is 1.35 bits per heavy atom. The second-order valence-electron chi connectivity index (χ2n) is 5.49. The lowest BCUT2D eigenvalue weighted by Gasteiger charge is -2.20. The van der Waals surface area contributed by atoms with Crippen molar-refractivity contribution in [2.75, 3.05) is 6.54 Å². The zero-order valence-electron chi connectivity index (χ0n) is 11.6. The Bertz CT molecular complexity index is 753. The lowest BCUT2D eigenvalue weighted by Crippen LogP contribution is -2.28. The van der Waals surface area contributed by atoms with Crippen molar-refractivity contribution >= 4 is 10.9 Å². The monoisotopic (exact) mass is 266 g/mol. The number of hydrogen-bond acceptors (Lipinski definition) is 2. The van der Waals surface area contributed by atoms with Gasteiger partial charge < -0.3 is 14.9 Å². The van der Waals surface area contributed by atoms with Crippen molar-refractivity contribution in [3.8, 4) is 0 Å². The van der Waals surface area contributed by atoms with Gasteiger partial charge in [0.2, 0.25) is 0 Å². The van der Waals surface area contributed by atoms with Gasteiger partial charge in [0.25, 0.3) is 0 Å². The van der Waals surface area contributed by atoms with Gasteiger partial charge in [0.05, 0.1) is 18.6 Å². The van der Waals surface area contributed by atoms with Crippen LogP contribution in [-0.4, -0.2) is 21.1 Å². The van der Waals surface area contributed by atoms with E-state index in [2.05, 4.69) is 57.2 Å². The maximum atomic E-state index is 4.59. The molecular formula is C16H18N4. The summed E-state index contributed by atoms with van der Waals surface area (Å²) in [5, 5.41) is 4.76. The molecule has 4 heteroatoms.